The van der Waals surface area contributed by atoms with Crippen molar-refractivity contribution in [1.82, 2.24) is 4.98 Å². The maximum absolute atomic E-state index is 12.0. The number of hydrogen-bond donors (Lipinski definition) is 2. The highest BCUT2D eigenvalue weighted by Crippen LogP contribution is 2.27. The Balaban J connectivity index is 2.21. The molecule has 0 radical (unpaired) electrons. The van der Waals surface area contributed by atoms with Crippen LogP contribution in [0.15, 0.2) is 18.3 Å². The van der Waals surface area contributed by atoms with E-state index in [4.69, 9.17) is 28.3 Å². The largest absolute Gasteiger partial charge is 0.477 e. The quantitative estimate of drug-likeness (QED) is 0.841. The predicted molar refractivity (Wildman–Crippen MR) is 78.2 cm³/mol. The molecule has 2 aromatic heterocycles. The van der Waals surface area contributed by atoms with Crippen LogP contribution in [0.5, 0.6) is 0 Å². The molecule has 5 nitrogen and oxygen atoms in total. The van der Waals surface area contributed by atoms with Gasteiger partial charge in [0.1, 0.15) is 10.0 Å². The van der Waals surface area contributed by atoms with Crippen molar-refractivity contribution in [2.24, 2.45) is 0 Å². The third-order valence-electron chi connectivity index (χ3n) is 2.41. The molecule has 2 rings (SSSR count). The van der Waals surface area contributed by atoms with Crippen molar-refractivity contribution in [2.75, 3.05) is 5.32 Å². The van der Waals surface area contributed by atoms with E-state index >= 15 is 0 Å². The number of aromatic carboxylic acids is 1. The normalized spacial score (nSPS) is 10.3. The van der Waals surface area contributed by atoms with Gasteiger partial charge in [-0.05, 0) is 24.6 Å². The molecular weight excluding hydrogens is 323 g/mol. The van der Waals surface area contributed by atoms with Gasteiger partial charge in [0.05, 0.1) is 15.6 Å². The molecule has 20 heavy (non-hydrogen) atoms. The fourth-order valence-electron chi connectivity index (χ4n) is 1.49. The molecule has 0 aliphatic rings. The fourth-order valence-corrected chi connectivity index (χ4v) is 2.66. The minimum absolute atomic E-state index is 0.114. The van der Waals surface area contributed by atoms with E-state index in [0.29, 0.717) is 10.6 Å². The number of pyridine rings is 1. The first-order valence-electron chi connectivity index (χ1n) is 5.34. The second-order valence-electron chi connectivity index (χ2n) is 3.88. The molecule has 1 amide bonds. The lowest BCUT2D eigenvalue weighted by Gasteiger charge is -2.03. The van der Waals surface area contributed by atoms with Crippen LogP contribution in [0.3, 0.4) is 0 Å². The molecule has 2 aromatic rings. The second kappa shape index (κ2) is 5.78. The summed E-state index contributed by atoms with van der Waals surface area (Å²) in [5.41, 5.74) is 0.826. The molecule has 0 aromatic carbocycles. The zero-order valence-electron chi connectivity index (χ0n) is 10.1. The number of thiophene rings is 1. The topological polar surface area (TPSA) is 79.3 Å². The minimum atomic E-state index is -1.02. The predicted octanol–water partition coefficient (Wildman–Crippen LogP) is 3.71. The summed E-state index contributed by atoms with van der Waals surface area (Å²) in [6.07, 6.45) is 1.29. The Morgan fingerprint density at radius 1 is 1.35 bits per heavy atom. The average molecular weight is 331 g/mol. The van der Waals surface area contributed by atoms with Gasteiger partial charge in [-0.1, -0.05) is 23.2 Å². The van der Waals surface area contributed by atoms with Crippen LogP contribution in [0.2, 0.25) is 10.2 Å². The first kappa shape index (κ1) is 14.8. The number of aryl methyl sites for hydroxylation is 1. The Bertz CT molecular complexity index is 700. The van der Waals surface area contributed by atoms with E-state index < -0.39 is 11.9 Å². The number of hydrogen-bond acceptors (Lipinski definition) is 4. The molecule has 0 aliphatic carbocycles. The van der Waals surface area contributed by atoms with Crippen molar-refractivity contribution < 1.29 is 14.7 Å². The summed E-state index contributed by atoms with van der Waals surface area (Å²) in [4.78, 5) is 26.9. The SMILES string of the molecule is Cc1cc(NC(=O)c2cnc(Cl)c(Cl)c2)sc1C(=O)O. The van der Waals surface area contributed by atoms with Crippen LogP contribution in [-0.2, 0) is 0 Å². The van der Waals surface area contributed by atoms with E-state index in [-0.39, 0.29) is 20.6 Å². The second-order valence-corrected chi connectivity index (χ2v) is 5.70. The van der Waals surface area contributed by atoms with Crippen LogP contribution in [0.4, 0.5) is 5.00 Å². The van der Waals surface area contributed by atoms with Crippen molar-refractivity contribution in [3.8, 4) is 0 Å². The van der Waals surface area contributed by atoms with Crippen LogP contribution >= 0.6 is 34.5 Å². The number of carbonyl (C=O) groups is 2. The van der Waals surface area contributed by atoms with E-state index in [1.807, 2.05) is 0 Å². The Morgan fingerprint density at radius 3 is 2.60 bits per heavy atom. The summed E-state index contributed by atoms with van der Waals surface area (Å²) in [5, 5.41) is 12.3. The number of anilines is 1. The van der Waals surface area contributed by atoms with Gasteiger partial charge in [0.15, 0.2) is 0 Å². The summed E-state index contributed by atoms with van der Waals surface area (Å²) >= 11 is 12.4. The molecular formula is C12H8Cl2N2O3S. The van der Waals surface area contributed by atoms with Gasteiger partial charge < -0.3 is 10.4 Å². The third kappa shape index (κ3) is 3.09. The molecule has 0 spiro atoms. The lowest BCUT2D eigenvalue weighted by atomic mass is 10.2. The standard InChI is InChI=1S/C12H8Cl2N2O3S/c1-5-2-8(20-9(5)12(18)19)16-11(17)6-3-7(13)10(14)15-4-6/h2-4H,1H3,(H,16,17)(H,18,19). The van der Waals surface area contributed by atoms with E-state index in [2.05, 4.69) is 10.3 Å². The Labute approximate surface area is 128 Å². The van der Waals surface area contributed by atoms with Crippen LogP contribution in [0.25, 0.3) is 0 Å². The highest BCUT2D eigenvalue weighted by molar-refractivity contribution is 7.18. The molecule has 0 bridgehead atoms. The molecule has 0 saturated carbocycles. The highest BCUT2D eigenvalue weighted by atomic mass is 35.5. The van der Waals surface area contributed by atoms with Crippen molar-refractivity contribution in [1.29, 1.82) is 0 Å². The van der Waals surface area contributed by atoms with E-state index in [9.17, 15) is 9.59 Å². The van der Waals surface area contributed by atoms with Crippen LogP contribution in [0, 0.1) is 6.92 Å². The lowest BCUT2D eigenvalue weighted by molar-refractivity contribution is 0.0701. The summed E-state index contributed by atoms with van der Waals surface area (Å²) in [5.74, 6) is -1.46. The fraction of sp³-hybridized carbons (Fsp3) is 0.0833. The Kier molecular flexibility index (Phi) is 4.27. The molecule has 0 saturated heterocycles. The lowest BCUT2D eigenvalue weighted by Crippen LogP contribution is -2.11. The number of rotatable bonds is 3. The number of carboxylic acids is 1. The first-order chi connectivity index (χ1) is 9.38. The van der Waals surface area contributed by atoms with E-state index in [1.165, 1.54) is 12.3 Å². The van der Waals surface area contributed by atoms with Crippen LogP contribution < -0.4 is 5.32 Å². The molecule has 2 heterocycles. The van der Waals surface area contributed by atoms with Gasteiger partial charge in [-0.25, -0.2) is 9.78 Å². The molecule has 104 valence electrons. The molecule has 8 heteroatoms. The van der Waals surface area contributed by atoms with Gasteiger partial charge in [-0.15, -0.1) is 11.3 Å². The van der Waals surface area contributed by atoms with Gasteiger partial charge in [-0.3, -0.25) is 4.79 Å². The maximum atomic E-state index is 12.0. The van der Waals surface area contributed by atoms with Crippen molar-refractivity contribution >= 4 is 51.4 Å². The number of halogens is 2. The first-order valence-corrected chi connectivity index (χ1v) is 6.92. The van der Waals surface area contributed by atoms with Gasteiger partial charge >= 0.3 is 5.97 Å². The van der Waals surface area contributed by atoms with E-state index in [0.717, 1.165) is 11.3 Å². The smallest absolute Gasteiger partial charge is 0.346 e. The summed E-state index contributed by atoms with van der Waals surface area (Å²) in [6.45, 7) is 1.66. The van der Waals surface area contributed by atoms with Gasteiger partial charge in [0.2, 0.25) is 0 Å². The zero-order valence-corrected chi connectivity index (χ0v) is 12.4. The molecule has 0 fully saturated rings. The van der Waals surface area contributed by atoms with Gasteiger partial charge in [0, 0.05) is 6.20 Å². The van der Waals surface area contributed by atoms with Gasteiger partial charge in [-0.2, -0.15) is 0 Å². The monoisotopic (exact) mass is 330 g/mol. The van der Waals surface area contributed by atoms with Crippen molar-refractivity contribution in [3.05, 3.63) is 44.5 Å². The number of carboxylic acid groups (broad SMARTS) is 1. The minimum Gasteiger partial charge on any atom is -0.477 e. The number of carbonyl (C=O) groups excluding carboxylic acids is 1. The maximum Gasteiger partial charge on any atom is 0.346 e. The van der Waals surface area contributed by atoms with E-state index in [1.54, 1.807) is 13.0 Å². The summed E-state index contributed by atoms with van der Waals surface area (Å²) in [7, 11) is 0. The number of nitrogens with one attached hydrogen (secondary N) is 1. The molecule has 0 atom stereocenters. The number of aromatic nitrogens is 1. The number of amides is 1. The highest BCUT2D eigenvalue weighted by Gasteiger charge is 2.15. The summed E-state index contributed by atoms with van der Waals surface area (Å²) in [6, 6.07) is 2.99. The zero-order chi connectivity index (χ0) is 14.9. The molecule has 0 unspecified atom stereocenters. The Hall–Kier alpha value is -1.63. The molecule has 0 aliphatic heterocycles. The molecule has 2 N–H and O–H groups in total. The van der Waals surface area contributed by atoms with Crippen LogP contribution in [0.1, 0.15) is 25.6 Å². The van der Waals surface area contributed by atoms with Gasteiger partial charge in [0.25, 0.3) is 5.91 Å². The average Bonchev–Trinajstić information content (AvgIpc) is 2.73. The van der Waals surface area contributed by atoms with Crippen molar-refractivity contribution in [3.63, 3.8) is 0 Å². The number of nitrogens with zero attached hydrogens (tertiary/aromatic N) is 1. The van der Waals surface area contributed by atoms with Crippen molar-refractivity contribution in [2.45, 2.75) is 6.92 Å². The van der Waals surface area contributed by atoms with Crippen LogP contribution in [-0.4, -0.2) is 22.0 Å². The summed E-state index contributed by atoms with van der Waals surface area (Å²) < 4.78 is 0. The Morgan fingerprint density at radius 2 is 2.05 bits per heavy atom. The third-order valence-corrected chi connectivity index (χ3v) is 4.23.